The van der Waals surface area contributed by atoms with Crippen molar-refractivity contribution in [3.05, 3.63) is 25.4 Å². The van der Waals surface area contributed by atoms with Crippen LogP contribution in [-0.4, -0.2) is 18.5 Å². The Balaban J connectivity index is 3.01. The lowest BCUT2D eigenvalue weighted by atomic mass is 10.2. The Labute approximate surface area is 70.4 Å². The molecule has 0 radical (unpaired) electrons. The Morgan fingerprint density at radius 1 is 1.18 bits per heavy atom. The van der Waals surface area contributed by atoms with E-state index in [9.17, 15) is 0 Å². The van der Waals surface area contributed by atoms with Crippen LogP contribution in [0.1, 0.15) is 25.7 Å². The minimum atomic E-state index is 1.13. The van der Waals surface area contributed by atoms with Crippen LogP contribution in [0.2, 0.25) is 0 Å². The summed E-state index contributed by atoms with van der Waals surface area (Å²) in [6.45, 7) is 8.49. The van der Waals surface area contributed by atoms with Gasteiger partial charge >= 0.3 is 0 Å². The standard InChI is InChI=1S/C10H19N/c1-4-6-7-8-9-10-11(3)5-2/h4-5H,1-2,6-10H2,3H3. The van der Waals surface area contributed by atoms with Crippen LogP contribution in [0.25, 0.3) is 0 Å². The molecule has 0 saturated carbocycles. The summed E-state index contributed by atoms with van der Waals surface area (Å²) in [5.41, 5.74) is 0. The molecule has 0 atom stereocenters. The minimum Gasteiger partial charge on any atom is -0.381 e. The Bertz CT molecular complexity index is 107. The first-order valence-corrected chi connectivity index (χ1v) is 4.25. The Morgan fingerprint density at radius 2 is 1.91 bits per heavy atom. The number of hydrogen-bond donors (Lipinski definition) is 0. The van der Waals surface area contributed by atoms with Gasteiger partial charge in [-0.3, -0.25) is 0 Å². The number of hydrogen-bond acceptors (Lipinski definition) is 1. The summed E-state index contributed by atoms with van der Waals surface area (Å²) in [4.78, 5) is 2.12. The molecule has 0 bridgehead atoms. The van der Waals surface area contributed by atoms with Crippen LogP contribution < -0.4 is 0 Å². The van der Waals surface area contributed by atoms with Crippen molar-refractivity contribution in [2.75, 3.05) is 13.6 Å². The van der Waals surface area contributed by atoms with Crippen molar-refractivity contribution in [2.24, 2.45) is 0 Å². The molecule has 0 aromatic heterocycles. The topological polar surface area (TPSA) is 3.24 Å². The van der Waals surface area contributed by atoms with E-state index >= 15 is 0 Å². The molecule has 0 unspecified atom stereocenters. The van der Waals surface area contributed by atoms with Gasteiger partial charge < -0.3 is 4.90 Å². The zero-order valence-electron chi connectivity index (χ0n) is 7.55. The van der Waals surface area contributed by atoms with Crippen molar-refractivity contribution in [1.82, 2.24) is 4.90 Å². The molecular formula is C10H19N. The average Bonchev–Trinajstić information content (AvgIpc) is 2.04. The van der Waals surface area contributed by atoms with Crippen molar-refractivity contribution in [1.29, 1.82) is 0 Å². The summed E-state index contributed by atoms with van der Waals surface area (Å²) in [5.74, 6) is 0. The van der Waals surface area contributed by atoms with E-state index in [0.29, 0.717) is 0 Å². The van der Waals surface area contributed by atoms with E-state index < -0.39 is 0 Å². The van der Waals surface area contributed by atoms with E-state index in [1.54, 1.807) is 0 Å². The van der Waals surface area contributed by atoms with E-state index in [2.05, 4.69) is 25.1 Å². The molecule has 0 fully saturated rings. The third kappa shape index (κ3) is 7.17. The molecule has 0 aromatic rings. The Kier molecular flexibility index (Phi) is 6.90. The first-order valence-electron chi connectivity index (χ1n) is 4.25. The van der Waals surface area contributed by atoms with Crippen molar-refractivity contribution >= 4 is 0 Å². The van der Waals surface area contributed by atoms with E-state index in [-0.39, 0.29) is 0 Å². The molecule has 0 heterocycles. The second-order valence-electron chi connectivity index (χ2n) is 2.80. The second-order valence-corrected chi connectivity index (χ2v) is 2.80. The summed E-state index contributed by atoms with van der Waals surface area (Å²) in [6.07, 6.45) is 8.83. The van der Waals surface area contributed by atoms with Gasteiger partial charge in [0.15, 0.2) is 0 Å². The van der Waals surface area contributed by atoms with E-state index in [4.69, 9.17) is 0 Å². The van der Waals surface area contributed by atoms with Crippen molar-refractivity contribution in [2.45, 2.75) is 25.7 Å². The molecule has 0 amide bonds. The SMILES string of the molecule is C=CCCCCCN(C)C=C. The van der Waals surface area contributed by atoms with E-state index in [1.807, 2.05) is 12.3 Å². The maximum atomic E-state index is 3.69. The van der Waals surface area contributed by atoms with Crippen molar-refractivity contribution in [3.8, 4) is 0 Å². The van der Waals surface area contributed by atoms with Gasteiger partial charge in [-0.1, -0.05) is 19.1 Å². The molecule has 0 N–H and O–H groups in total. The number of nitrogens with zero attached hydrogens (tertiary/aromatic N) is 1. The second kappa shape index (κ2) is 7.39. The average molecular weight is 153 g/mol. The van der Waals surface area contributed by atoms with E-state index in [1.165, 1.54) is 19.3 Å². The van der Waals surface area contributed by atoms with Crippen LogP contribution in [0.4, 0.5) is 0 Å². The monoisotopic (exact) mass is 153 g/mol. The fourth-order valence-electron chi connectivity index (χ4n) is 0.918. The smallest absolute Gasteiger partial charge is 0.0169 e. The molecule has 1 nitrogen and oxygen atoms in total. The van der Waals surface area contributed by atoms with Crippen molar-refractivity contribution < 1.29 is 0 Å². The van der Waals surface area contributed by atoms with Gasteiger partial charge in [0.05, 0.1) is 0 Å². The molecular weight excluding hydrogens is 134 g/mol. The lowest BCUT2D eigenvalue weighted by molar-refractivity contribution is 0.434. The van der Waals surface area contributed by atoms with Crippen LogP contribution in [0, 0.1) is 0 Å². The van der Waals surface area contributed by atoms with Crippen LogP contribution in [0.3, 0.4) is 0 Å². The molecule has 0 aliphatic heterocycles. The molecule has 1 heteroatoms. The fourth-order valence-corrected chi connectivity index (χ4v) is 0.918. The van der Waals surface area contributed by atoms with Gasteiger partial charge in [0, 0.05) is 13.6 Å². The highest BCUT2D eigenvalue weighted by atomic mass is 15.1. The van der Waals surface area contributed by atoms with Gasteiger partial charge in [0.25, 0.3) is 0 Å². The third-order valence-corrected chi connectivity index (χ3v) is 1.73. The van der Waals surface area contributed by atoms with Crippen molar-refractivity contribution in [3.63, 3.8) is 0 Å². The zero-order valence-corrected chi connectivity index (χ0v) is 7.55. The minimum absolute atomic E-state index is 1.13. The lowest BCUT2D eigenvalue weighted by Gasteiger charge is -2.11. The largest absolute Gasteiger partial charge is 0.381 e. The first-order chi connectivity index (χ1) is 5.31. The van der Waals surface area contributed by atoms with Gasteiger partial charge in [-0.05, 0) is 25.5 Å². The van der Waals surface area contributed by atoms with Crippen LogP contribution >= 0.6 is 0 Å². The molecule has 0 saturated heterocycles. The summed E-state index contributed by atoms with van der Waals surface area (Å²) in [7, 11) is 2.06. The predicted molar refractivity (Wildman–Crippen MR) is 51.5 cm³/mol. The van der Waals surface area contributed by atoms with Crippen LogP contribution in [-0.2, 0) is 0 Å². The summed E-state index contributed by atoms with van der Waals surface area (Å²) in [6, 6.07) is 0. The number of rotatable bonds is 7. The van der Waals surface area contributed by atoms with Gasteiger partial charge in [-0.25, -0.2) is 0 Å². The fraction of sp³-hybridized carbons (Fsp3) is 0.600. The molecule has 0 rings (SSSR count). The quantitative estimate of drug-likeness (QED) is 0.401. The number of allylic oxidation sites excluding steroid dienone is 1. The predicted octanol–water partition coefficient (Wildman–Crippen LogP) is 2.81. The van der Waals surface area contributed by atoms with Gasteiger partial charge in [-0.15, -0.1) is 6.58 Å². The highest BCUT2D eigenvalue weighted by Gasteiger charge is 1.89. The number of unbranched alkanes of at least 4 members (excludes halogenated alkanes) is 3. The van der Waals surface area contributed by atoms with E-state index in [0.717, 1.165) is 13.0 Å². The summed E-state index contributed by atoms with van der Waals surface area (Å²) in [5, 5.41) is 0. The van der Waals surface area contributed by atoms with Gasteiger partial charge in [0.2, 0.25) is 0 Å². The third-order valence-electron chi connectivity index (χ3n) is 1.73. The first kappa shape index (κ1) is 10.3. The molecule has 0 spiro atoms. The highest BCUT2D eigenvalue weighted by Crippen LogP contribution is 2.00. The molecule has 64 valence electrons. The molecule has 0 aliphatic carbocycles. The molecule has 0 aliphatic rings. The van der Waals surface area contributed by atoms with Crippen LogP contribution in [0.5, 0.6) is 0 Å². The van der Waals surface area contributed by atoms with Gasteiger partial charge in [-0.2, -0.15) is 0 Å². The lowest BCUT2D eigenvalue weighted by Crippen LogP contribution is -2.11. The molecule has 0 aromatic carbocycles. The van der Waals surface area contributed by atoms with Gasteiger partial charge in [0.1, 0.15) is 0 Å². The summed E-state index contributed by atoms with van der Waals surface area (Å²) < 4.78 is 0. The normalized spacial score (nSPS) is 9.18. The zero-order chi connectivity index (χ0) is 8.53. The Morgan fingerprint density at radius 3 is 2.45 bits per heavy atom. The summed E-state index contributed by atoms with van der Waals surface area (Å²) >= 11 is 0. The Hall–Kier alpha value is -0.720. The maximum Gasteiger partial charge on any atom is 0.0169 e. The van der Waals surface area contributed by atoms with Crippen LogP contribution in [0.15, 0.2) is 25.4 Å². The maximum absolute atomic E-state index is 3.69. The molecule has 11 heavy (non-hydrogen) atoms. The highest BCUT2D eigenvalue weighted by molar-refractivity contribution is 4.68.